The van der Waals surface area contributed by atoms with Gasteiger partial charge in [-0.25, -0.2) is 0 Å². The van der Waals surface area contributed by atoms with E-state index in [0.29, 0.717) is 21.8 Å². The van der Waals surface area contributed by atoms with Crippen molar-refractivity contribution in [3.05, 3.63) is 63.6 Å². The van der Waals surface area contributed by atoms with Crippen LogP contribution in [0.15, 0.2) is 42.5 Å². The average molecular weight is 308 g/mol. The highest BCUT2D eigenvalue weighted by molar-refractivity contribution is 6.37. The molecule has 0 bridgehead atoms. The Hall–Kier alpha value is -1.84. The molecule has 1 N–H and O–H groups in total. The summed E-state index contributed by atoms with van der Waals surface area (Å²) < 4.78 is 0. The maximum atomic E-state index is 12.1. The van der Waals surface area contributed by atoms with Crippen molar-refractivity contribution in [3.8, 4) is 0 Å². The Morgan fingerprint density at radius 2 is 1.80 bits per heavy atom. The summed E-state index contributed by atoms with van der Waals surface area (Å²) >= 11 is 11.8. The molecule has 0 fully saturated rings. The molecule has 0 atom stereocenters. The van der Waals surface area contributed by atoms with Gasteiger partial charge in [-0.3, -0.25) is 9.59 Å². The number of carbonyl (C=O) groups excluding carboxylic acids is 2. The Morgan fingerprint density at radius 1 is 1.05 bits per heavy atom. The molecule has 0 heterocycles. The fourth-order valence-corrected chi connectivity index (χ4v) is 2.18. The zero-order valence-corrected chi connectivity index (χ0v) is 12.1. The highest BCUT2D eigenvalue weighted by atomic mass is 35.5. The van der Waals surface area contributed by atoms with Crippen LogP contribution in [0.3, 0.4) is 0 Å². The highest BCUT2D eigenvalue weighted by Gasteiger charge is 2.11. The quantitative estimate of drug-likeness (QED) is 0.852. The van der Waals surface area contributed by atoms with Crippen LogP contribution in [0.4, 0.5) is 5.69 Å². The van der Waals surface area contributed by atoms with Gasteiger partial charge in [-0.05, 0) is 37.3 Å². The minimum Gasteiger partial charge on any atom is -0.322 e. The van der Waals surface area contributed by atoms with Gasteiger partial charge in [0.25, 0.3) is 5.91 Å². The molecule has 0 aromatic heterocycles. The monoisotopic (exact) mass is 307 g/mol. The molecule has 0 spiro atoms. The SMILES string of the molecule is CC(=O)c1cccc(NC(=O)c2ccc(Cl)cc2Cl)c1. The van der Waals surface area contributed by atoms with E-state index in [4.69, 9.17) is 23.2 Å². The number of amides is 1. The first-order valence-electron chi connectivity index (χ1n) is 5.85. The van der Waals surface area contributed by atoms with Gasteiger partial charge in [0.1, 0.15) is 0 Å². The normalized spacial score (nSPS) is 10.2. The van der Waals surface area contributed by atoms with Gasteiger partial charge in [-0.1, -0.05) is 35.3 Å². The summed E-state index contributed by atoms with van der Waals surface area (Å²) in [7, 11) is 0. The van der Waals surface area contributed by atoms with E-state index in [1.54, 1.807) is 36.4 Å². The zero-order chi connectivity index (χ0) is 14.7. The summed E-state index contributed by atoms with van der Waals surface area (Å²) in [5.74, 6) is -0.419. The molecule has 0 aliphatic heterocycles. The minimum absolute atomic E-state index is 0.0642. The van der Waals surface area contributed by atoms with Crippen LogP contribution in [0.5, 0.6) is 0 Å². The number of benzene rings is 2. The first kappa shape index (κ1) is 14.6. The Labute approximate surface area is 126 Å². The Balaban J connectivity index is 2.23. The molecular weight excluding hydrogens is 297 g/mol. The first-order valence-corrected chi connectivity index (χ1v) is 6.60. The maximum absolute atomic E-state index is 12.1. The molecule has 0 radical (unpaired) electrons. The van der Waals surface area contributed by atoms with E-state index in [1.807, 2.05) is 0 Å². The summed E-state index contributed by atoms with van der Waals surface area (Å²) in [6, 6.07) is 11.4. The van der Waals surface area contributed by atoms with E-state index in [0.717, 1.165) is 0 Å². The lowest BCUT2D eigenvalue weighted by Crippen LogP contribution is -2.12. The predicted molar refractivity (Wildman–Crippen MR) is 80.9 cm³/mol. The summed E-state index contributed by atoms with van der Waals surface area (Å²) in [4.78, 5) is 23.4. The molecule has 3 nitrogen and oxygen atoms in total. The van der Waals surface area contributed by atoms with Gasteiger partial charge < -0.3 is 5.32 Å². The lowest BCUT2D eigenvalue weighted by atomic mass is 10.1. The van der Waals surface area contributed by atoms with Crippen LogP contribution in [-0.2, 0) is 0 Å². The number of ketones is 1. The van der Waals surface area contributed by atoms with Crippen molar-refractivity contribution in [2.24, 2.45) is 0 Å². The van der Waals surface area contributed by atoms with E-state index in [9.17, 15) is 9.59 Å². The van der Waals surface area contributed by atoms with Crippen LogP contribution >= 0.6 is 23.2 Å². The number of hydrogen-bond acceptors (Lipinski definition) is 2. The second-order valence-corrected chi connectivity index (χ2v) is 5.06. The van der Waals surface area contributed by atoms with Crippen LogP contribution in [0.2, 0.25) is 10.0 Å². The molecule has 102 valence electrons. The first-order chi connectivity index (χ1) is 9.47. The topological polar surface area (TPSA) is 46.2 Å². The van der Waals surface area contributed by atoms with Gasteiger partial charge >= 0.3 is 0 Å². The van der Waals surface area contributed by atoms with E-state index in [2.05, 4.69) is 5.32 Å². The standard InChI is InChI=1S/C15H11Cl2NO2/c1-9(19)10-3-2-4-12(7-10)18-15(20)13-6-5-11(16)8-14(13)17/h2-8H,1H3,(H,18,20). The maximum Gasteiger partial charge on any atom is 0.257 e. The van der Waals surface area contributed by atoms with Crippen molar-refractivity contribution in [3.63, 3.8) is 0 Å². The molecule has 0 saturated carbocycles. The second kappa shape index (κ2) is 6.07. The summed E-state index contributed by atoms with van der Waals surface area (Å²) in [5.41, 5.74) is 1.39. The molecular formula is C15H11Cl2NO2. The van der Waals surface area contributed by atoms with Gasteiger partial charge in [-0.2, -0.15) is 0 Å². The van der Waals surface area contributed by atoms with Crippen LogP contribution in [0.1, 0.15) is 27.6 Å². The number of Topliss-reactive ketones (excluding diaryl/α,β-unsaturated/α-hetero) is 1. The Bertz CT molecular complexity index is 683. The smallest absolute Gasteiger partial charge is 0.257 e. The van der Waals surface area contributed by atoms with Crippen molar-refractivity contribution in [1.82, 2.24) is 0 Å². The number of nitrogens with one attached hydrogen (secondary N) is 1. The number of anilines is 1. The molecule has 0 aliphatic carbocycles. The fraction of sp³-hybridized carbons (Fsp3) is 0.0667. The van der Waals surface area contributed by atoms with Gasteiger partial charge in [0.05, 0.1) is 10.6 Å². The van der Waals surface area contributed by atoms with Crippen molar-refractivity contribution in [2.45, 2.75) is 6.92 Å². The minimum atomic E-state index is -0.354. The lowest BCUT2D eigenvalue weighted by molar-refractivity contribution is 0.101. The molecule has 1 amide bonds. The molecule has 2 aromatic rings. The molecule has 5 heteroatoms. The highest BCUT2D eigenvalue weighted by Crippen LogP contribution is 2.22. The molecule has 2 rings (SSSR count). The van der Waals surface area contributed by atoms with E-state index in [1.165, 1.54) is 13.0 Å². The largest absolute Gasteiger partial charge is 0.322 e. The number of carbonyl (C=O) groups is 2. The third kappa shape index (κ3) is 3.38. The number of hydrogen-bond donors (Lipinski definition) is 1. The van der Waals surface area contributed by atoms with E-state index >= 15 is 0 Å². The summed E-state index contributed by atoms with van der Waals surface area (Å²) in [6.07, 6.45) is 0. The lowest BCUT2D eigenvalue weighted by Gasteiger charge is -2.08. The molecule has 20 heavy (non-hydrogen) atoms. The number of halogens is 2. The molecule has 0 aliphatic rings. The van der Waals surface area contributed by atoms with Crippen molar-refractivity contribution in [2.75, 3.05) is 5.32 Å². The summed E-state index contributed by atoms with van der Waals surface area (Å²) in [5, 5.41) is 3.43. The van der Waals surface area contributed by atoms with Gasteiger partial charge in [-0.15, -0.1) is 0 Å². The van der Waals surface area contributed by atoms with Gasteiger partial charge in [0.2, 0.25) is 0 Å². The van der Waals surface area contributed by atoms with Gasteiger partial charge in [0.15, 0.2) is 5.78 Å². The van der Waals surface area contributed by atoms with Crippen molar-refractivity contribution >= 4 is 40.6 Å². The van der Waals surface area contributed by atoms with Crippen LogP contribution in [-0.4, -0.2) is 11.7 Å². The molecule has 0 saturated heterocycles. The second-order valence-electron chi connectivity index (χ2n) is 4.22. The number of rotatable bonds is 3. The Morgan fingerprint density at radius 3 is 2.45 bits per heavy atom. The van der Waals surface area contributed by atoms with Crippen LogP contribution in [0, 0.1) is 0 Å². The Kier molecular flexibility index (Phi) is 4.42. The van der Waals surface area contributed by atoms with Crippen LogP contribution < -0.4 is 5.32 Å². The van der Waals surface area contributed by atoms with Gasteiger partial charge in [0, 0.05) is 16.3 Å². The predicted octanol–water partition coefficient (Wildman–Crippen LogP) is 4.45. The zero-order valence-electron chi connectivity index (χ0n) is 10.6. The van der Waals surface area contributed by atoms with E-state index in [-0.39, 0.29) is 16.7 Å². The van der Waals surface area contributed by atoms with Crippen LogP contribution in [0.25, 0.3) is 0 Å². The third-order valence-electron chi connectivity index (χ3n) is 2.70. The molecule has 0 unspecified atom stereocenters. The van der Waals surface area contributed by atoms with E-state index < -0.39 is 0 Å². The third-order valence-corrected chi connectivity index (χ3v) is 3.25. The van der Waals surface area contributed by atoms with Crippen molar-refractivity contribution < 1.29 is 9.59 Å². The summed E-state index contributed by atoms with van der Waals surface area (Å²) in [6.45, 7) is 1.47. The van der Waals surface area contributed by atoms with Crippen molar-refractivity contribution in [1.29, 1.82) is 0 Å². The molecule has 2 aromatic carbocycles. The fourth-order valence-electron chi connectivity index (χ4n) is 1.69. The average Bonchev–Trinajstić information content (AvgIpc) is 2.38.